The molecular weight excluding hydrogens is 432 g/mol. The fourth-order valence-electron chi connectivity index (χ4n) is 4.23. The van der Waals surface area contributed by atoms with Crippen molar-refractivity contribution in [2.45, 2.75) is 26.7 Å². The van der Waals surface area contributed by atoms with E-state index in [1.54, 1.807) is 11.3 Å². The third-order valence-electron chi connectivity index (χ3n) is 5.88. The minimum atomic E-state index is 0.197. The van der Waals surface area contributed by atoms with E-state index in [-0.39, 0.29) is 5.91 Å². The summed E-state index contributed by atoms with van der Waals surface area (Å²) < 4.78 is 1.89. The molecule has 1 fully saturated rings. The quantitative estimate of drug-likeness (QED) is 0.436. The molecule has 4 aromatic rings. The lowest BCUT2D eigenvalue weighted by Crippen LogP contribution is -2.49. The van der Waals surface area contributed by atoms with E-state index >= 15 is 0 Å². The van der Waals surface area contributed by atoms with Crippen LogP contribution in [0, 0.1) is 5.92 Å². The van der Waals surface area contributed by atoms with Gasteiger partial charge >= 0.3 is 0 Å². The molecule has 0 unspecified atom stereocenters. The van der Waals surface area contributed by atoms with Crippen LogP contribution in [-0.2, 0) is 17.6 Å². The molecule has 33 heavy (non-hydrogen) atoms. The Morgan fingerprint density at radius 1 is 1.03 bits per heavy atom. The Labute approximate surface area is 197 Å². The van der Waals surface area contributed by atoms with E-state index in [4.69, 9.17) is 9.97 Å². The summed E-state index contributed by atoms with van der Waals surface area (Å²) in [5, 5.41) is 7.62. The molecule has 1 aromatic carbocycles. The molecule has 0 saturated carbocycles. The fourth-order valence-corrected chi connectivity index (χ4v) is 4.93. The van der Waals surface area contributed by atoms with Gasteiger partial charge in [0.2, 0.25) is 5.91 Å². The van der Waals surface area contributed by atoms with Gasteiger partial charge in [-0.2, -0.15) is 5.10 Å². The third kappa shape index (κ3) is 4.61. The molecule has 170 valence electrons. The Bertz CT molecular complexity index is 1230. The van der Waals surface area contributed by atoms with Gasteiger partial charge in [-0.15, -0.1) is 11.3 Å². The number of para-hydroxylation sites is 1. The monoisotopic (exact) mass is 460 g/mol. The van der Waals surface area contributed by atoms with E-state index in [9.17, 15) is 4.79 Å². The first-order valence-corrected chi connectivity index (χ1v) is 12.3. The first-order chi connectivity index (χ1) is 16.1. The lowest BCUT2D eigenvalue weighted by Gasteiger charge is -2.35. The minimum absolute atomic E-state index is 0.197. The predicted octanol–water partition coefficient (Wildman–Crippen LogP) is 3.97. The number of piperazine rings is 1. The number of rotatable bonds is 6. The highest BCUT2D eigenvalue weighted by Crippen LogP contribution is 2.27. The Hall–Kier alpha value is -3.26. The van der Waals surface area contributed by atoms with Crippen molar-refractivity contribution in [3.63, 3.8) is 0 Å². The van der Waals surface area contributed by atoms with Crippen LogP contribution in [0.1, 0.15) is 24.5 Å². The minimum Gasteiger partial charge on any atom is -0.352 e. The number of hydrogen-bond donors (Lipinski definition) is 0. The summed E-state index contributed by atoms with van der Waals surface area (Å²) in [4.78, 5) is 27.9. The van der Waals surface area contributed by atoms with Crippen LogP contribution in [-0.4, -0.2) is 56.7 Å². The van der Waals surface area contributed by atoms with Crippen molar-refractivity contribution < 1.29 is 4.79 Å². The van der Waals surface area contributed by atoms with E-state index in [0.29, 0.717) is 25.4 Å². The molecule has 1 aliphatic rings. The van der Waals surface area contributed by atoms with Crippen LogP contribution >= 0.6 is 11.3 Å². The normalized spacial score (nSPS) is 14.4. The summed E-state index contributed by atoms with van der Waals surface area (Å²) in [7, 11) is 0. The maximum Gasteiger partial charge on any atom is 0.227 e. The van der Waals surface area contributed by atoms with Gasteiger partial charge in [0, 0.05) is 37.5 Å². The van der Waals surface area contributed by atoms with Crippen LogP contribution in [0.5, 0.6) is 0 Å². The molecule has 7 nitrogen and oxygen atoms in total. The van der Waals surface area contributed by atoms with Gasteiger partial charge in [0.1, 0.15) is 11.6 Å². The average Bonchev–Trinajstić information content (AvgIpc) is 3.49. The molecule has 0 spiro atoms. The average molecular weight is 461 g/mol. The number of hydrogen-bond acceptors (Lipinski definition) is 6. The fraction of sp³-hybridized carbons (Fsp3) is 0.360. The van der Waals surface area contributed by atoms with Crippen molar-refractivity contribution in [3.05, 3.63) is 64.7 Å². The van der Waals surface area contributed by atoms with Crippen molar-refractivity contribution in [1.29, 1.82) is 0 Å². The topological polar surface area (TPSA) is 67.2 Å². The third-order valence-corrected chi connectivity index (χ3v) is 6.76. The summed E-state index contributed by atoms with van der Waals surface area (Å²) in [6, 6.07) is 14.1. The maximum absolute atomic E-state index is 12.7. The summed E-state index contributed by atoms with van der Waals surface area (Å²) in [5.74, 6) is 2.40. The van der Waals surface area contributed by atoms with Crippen molar-refractivity contribution in [3.8, 4) is 5.69 Å². The second-order valence-corrected chi connectivity index (χ2v) is 9.85. The molecule has 3 aromatic heterocycles. The second-order valence-electron chi connectivity index (χ2n) is 8.81. The molecule has 0 aliphatic carbocycles. The van der Waals surface area contributed by atoms with Gasteiger partial charge < -0.3 is 9.80 Å². The summed E-state index contributed by atoms with van der Waals surface area (Å²) in [6.45, 7) is 7.25. The molecule has 0 N–H and O–H groups in total. The second kappa shape index (κ2) is 9.31. The highest BCUT2D eigenvalue weighted by molar-refractivity contribution is 7.10. The van der Waals surface area contributed by atoms with Crippen molar-refractivity contribution in [2.75, 3.05) is 31.1 Å². The Morgan fingerprint density at radius 3 is 2.52 bits per heavy atom. The van der Waals surface area contributed by atoms with E-state index < -0.39 is 0 Å². The zero-order valence-corrected chi connectivity index (χ0v) is 19.8. The number of amides is 1. The van der Waals surface area contributed by atoms with Crippen molar-refractivity contribution >= 4 is 34.1 Å². The number of anilines is 1. The number of nitrogens with zero attached hydrogens (tertiary/aromatic N) is 6. The Balaban J connectivity index is 1.41. The van der Waals surface area contributed by atoms with Crippen molar-refractivity contribution in [1.82, 2.24) is 24.6 Å². The summed E-state index contributed by atoms with van der Waals surface area (Å²) >= 11 is 1.64. The summed E-state index contributed by atoms with van der Waals surface area (Å²) in [5.41, 5.74) is 1.81. The van der Waals surface area contributed by atoms with Crippen molar-refractivity contribution in [2.24, 2.45) is 5.92 Å². The van der Waals surface area contributed by atoms with Crippen LogP contribution in [0.2, 0.25) is 0 Å². The Morgan fingerprint density at radius 2 is 1.82 bits per heavy atom. The van der Waals surface area contributed by atoms with Gasteiger partial charge in [-0.25, -0.2) is 14.6 Å². The summed E-state index contributed by atoms with van der Waals surface area (Å²) in [6.07, 6.45) is 3.16. The molecule has 8 heteroatoms. The smallest absolute Gasteiger partial charge is 0.227 e. The molecule has 0 atom stereocenters. The maximum atomic E-state index is 12.7. The van der Waals surface area contributed by atoms with E-state index in [0.717, 1.165) is 52.8 Å². The van der Waals surface area contributed by atoms with Gasteiger partial charge in [0.15, 0.2) is 5.65 Å². The van der Waals surface area contributed by atoms with E-state index in [1.807, 2.05) is 63.6 Å². The molecule has 4 heterocycles. The zero-order valence-electron chi connectivity index (χ0n) is 19.0. The number of benzene rings is 1. The molecule has 1 saturated heterocycles. The standard InChI is InChI=1S/C25H28N6OS/c1-18(2)15-22-27-24(21-17-26-31(25(21)28-22)19-7-4-3-5-8-19)30-12-10-29(11-13-30)23(32)16-20-9-6-14-33-20/h3-9,14,17-18H,10-13,15-16H2,1-2H3. The van der Waals surface area contributed by atoms with Gasteiger partial charge in [0.05, 0.1) is 23.7 Å². The van der Waals surface area contributed by atoms with Gasteiger partial charge in [0.25, 0.3) is 0 Å². The Kier molecular flexibility index (Phi) is 6.09. The van der Waals surface area contributed by atoms with Crippen LogP contribution < -0.4 is 4.90 Å². The number of thiophene rings is 1. The van der Waals surface area contributed by atoms with Gasteiger partial charge in [-0.3, -0.25) is 4.79 Å². The lowest BCUT2D eigenvalue weighted by atomic mass is 10.1. The molecule has 1 amide bonds. The molecule has 5 rings (SSSR count). The molecule has 1 aliphatic heterocycles. The molecule has 0 radical (unpaired) electrons. The lowest BCUT2D eigenvalue weighted by molar-refractivity contribution is -0.130. The van der Waals surface area contributed by atoms with E-state index in [2.05, 4.69) is 23.8 Å². The zero-order chi connectivity index (χ0) is 22.8. The van der Waals surface area contributed by atoms with Crippen LogP contribution in [0.3, 0.4) is 0 Å². The number of aromatic nitrogens is 4. The first kappa shape index (κ1) is 21.6. The SMILES string of the molecule is CC(C)Cc1nc(N2CCN(C(=O)Cc3cccs3)CC2)c2cnn(-c3ccccc3)c2n1. The van der Waals surface area contributed by atoms with Crippen LogP contribution in [0.15, 0.2) is 54.0 Å². The predicted molar refractivity (Wildman–Crippen MR) is 132 cm³/mol. The number of carbonyl (C=O) groups excluding carboxylic acids is 1. The molecule has 0 bridgehead atoms. The van der Waals surface area contributed by atoms with Crippen LogP contribution in [0.4, 0.5) is 5.82 Å². The first-order valence-electron chi connectivity index (χ1n) is 11.4. The van der Waals surface area contributed by atoms with Crippen LogP contribution in [0.25, 0.3) is 16.7 Å². The largest absolute Gasteiger partial charge is 0.352 e. The highest BCUT2D eigenvalue weighted by atomic mass is 32.1. The number of carbonyl (C=O) groups is 1. The molecular formula is C25H28N6OS. The van der Waals surface area contributed by atoms with E-state index in [1.165, 1.54) is 0 Å². The van der Waals surface area contributed by atoms with Gasteiger partial charge in [-0.1, -0.05) is 38.1 Å². The number of fused-ring (bicyclic) bond motifs is 1. The highest BCUT2D eigenvalue weighted by Gasteiger charge is 2.25. The van der Waals surface area contributed by atoms with Gasteiger partial charge in [-0.05, 0) is 29.5 Å².